The van der Waals surface area contributed by atoms with Gasteiger partial charge in [-0.05, 0) is 30.2 Å². The molecule has 21 heavy (non-hydrogen) atoms. The van der Waals surface area contributed by atoms with E-state index in [4.69, 9.17) is 4.74 Å². The number of carbonyl (C=O) groups is 2. The van der Waals surface area contributed by atoms with E-state index in [-0.39, 0.29) is 11.8 Å². The molecular formula is C16H22N2O3. The molecule has 1 heterocycles. The third kappa shape index (κ3) is 3.35. The smallest absolute Gasteiger partial charge is 0.253 e. The molecule has 0 bridgehead atoms. The fourth-order valence-corrected chi connectivity index (χ4v) is 2.59. The molecule has 1 fully saturated rings. The maximum atomic E-state index is 12.5. The lowest BCUT2D eigenvalue weighted by molar-refractivity contribution is -0.130. The normalized spacial score (nSPS) is 15.0. The molecule has 5 nitrogen and oxygen atoms in total. The number of hydrogen-bond donors (Lipinski definition) is 0. The summed E-state index contributed by atoms with van der Waals surface area (Å²) in [6, 6.07) is 5.55. The molecule has 1 aromatic carbocycles. The van der Waals surface area contributed by atoms with Crippen molar-refractivity contribution in [3.63, 3.8) is 0 Å². The minimum atomic E-state index is 0.0237. The molecule has 0 aliphatic carbocycles. The molecule has 2 amide bonds. The molecule has 2 rings (SSSR count). The third-order valence-corrected chi connectivity index (χ3v) is 3.92. The van der Waals surface area contributed by atoms with E-state index in [0.29, 0.717) is 31.7 Å². The van der Waals surface area contributed by atoms with Crippen molar-refractivity contribution in [3.8, 4) is 5.75 Å². The van der Waals surface area contributed by atoms with E-state index in [9.17, 15) is 9.59 Å². The van der Waals surface area contributed by atoms with Gasteiger partial charge in [-0.25, -0.2) is 0 Å². The third-order valence-electron chi connectivity index (χ3n) is 3.92. The Morgan fingerprint density at radius 2 is 1.76 bits per heavy atom. The Balaban J connectivity index is 2.09. The van der Waals surface area contributed by atoms with Crippen molar-refractivity contribution in [2.45, 2.75) is 20.3 Å². The molecule has 1 aliphatic heterocycles. The van der Waals surface area contributed by atoms with Crippen molar-refractivity contribution in [3.05, 3.63) is 29.3 Å². The zero-order valence-corrected chi connectivity index (χ0v) is 12.9. The first-order chi connectivity index (χ1) is 10.1. The summed E-state index contributed by atoms with van der Waals surface area (Å²) in [6.07, 6.45) is 0.822. The van der Waals surface area contributed by atoms with Crippen molar-refractivity contribution < 1.29 is 14.3 Å². The van der Waals surface area contributed by atoms with E-state index in [0.717, 1.165) is 17.7 Å². The van der Waals surface area contributed by atoms with Crippen LogP contribution in [0.25, 0.3) is 0 Å². The summed E-state index contributed by atoms with van der Waals surface area (Å²) in [4.78, 5) is 27.4. The Morgan fingerprint density at radius 3 is 2.29 bits per heavy atom. The Morgan fingerprint density at radius 1 is 1.14 bits per heavy atom. The number of ether oxygens (including phenoxy) is 1. The summed E-state index contributed by atoms with van der Waals surface area (Å²) in [5.74, 6) is 0.908. The van der Waals surface area contributed by atoms with Crippen LogP contribution in [0.4, 0.5) is 0 Å². The molecule has 1 aliphatic rings. The summed E-state index contributed by atoms with van der Waals surface area (Å²) in [7, 11) is 1.64. The molecule has 0 atom stereocenters. The standard InChI is InChI=1S/C16H22N2O3/c1-4-13-11-14(5-6-15(13)21-3)16(20)18-9-7-17(8-10-18)12(2)19/h5-6,11H,4,7-10H2,1-3H3. The molecule has 0 saturated carbocycles. The van der Waals surface area contributed by atoms with Crippen LogP contribution in [-0.2, 0) is 11.2 Å². The van der Waals surface area contributed by atoms with Gasteiger partial charge in [0.05, 0.1) is 7.11 Å². The predicted molar refractivity (Wildman–Crippen MR) is 80.5 cm³/mol. The zero-order valence-electron chi connectivity index (χ0n) is 12.9. The number of aryl methyl sites for hydroxylation is 1. The number of benzene rings is 1. The molecule has 5 heteroatoms. The fraction of sp³-hybridized carbons (Fsp3) is 0.500. The molecule has 0 unspecified atom stereocenters. The Hall–Kier alpha value is -2.04. The van der Waals surface area contributed by atoms with E-state index in [1.54, 1.807) is 29.9 Å². The highest BCUT2D eigenvalue weighted by Crippen LogP contribution is 2.21. The maximum Gasteiger partial charge on any atom is 0.253 e. The van der Waals surface area contributed by atoms with Crippen molar-refractivity contribution in [2.24, 2.45) is 0 Å². The van der Waals surface area contributed by atoms with Gasteiger partial charge >= 0.3 is 0 Å². The Bertz CT molecular complexity index is 534. The molecule has 0 radical (unpaired) electrons. The number of nitrogens with zero attached hydrogens (tertiary/aromatic N) is 2. The molecule has 114 valence electrons. The first-order valence-electron chi connectivity index (χ1n) is 7.28. The van der Waals surface area contributed by atoms with Gasteiger partial charge in [-0.3, -0.25) is 9.59 Å². The highest BCUT2D eigenvalue weighted by atomic mass is 16.5. The van der Waals surface area contributed by atoms with Gasteiger partial charge in [0.25, 0.3) is 5.91 Å². The van der Waals surface area contributed by atoms with Crippen LogP contribution in [-0.4, -0.2) is 54.9 Å². The number of piperazine rings is 1. The van der Waals surface area contributed by atoms with Crippen LogP contribution in [0.5, 0.6) is 5.75 Å². The quantitative estimate of drug-likeness (QED) is 0.849. The van der Waals surface area contributed by atoms with Crippen molar-refractivity contribution >= 4 is 11.8 Å². The van der Waals surface area contributed by atoms with Gasteiger partial charge in [0.2, 0.25) is 5.91 Å². The topological polar surface area (TPSA) is 49.9 Å². The van der Waals surface area contributed by atoms with Crippen molar-refractivity contribution in [1.82, 2.24) is 9.80 Å². The SMILES string of the molecule is CCc1cc(C(=O)N2CCN(C(C)=O)CC2)ccc1OC. The lowest BCUT2D eigenvalue weighted by atomic mass is 10.1. The van der Waals surface area contributed by atoms with Crippen LogP contribution >= 0.6 is 0 Å². The molecule has 1 saturated heterocycles. The van der Waals surface area contributed by atoms with Gasteiger partial charge in [0, 0.05) is 38.7 Å². The molecule has 0 spiro atoms. The van der Waals surface area contributed by atoms with Gasteiger partial charge in [-0.2, -0.15) is 0 Å². The summed E-state index contributed by atoms with van der Waals surface area (Å²) in [5, 5.41) is 0. The van der Waals surface area contributed by atoms with Crippen molar-refractivity contribution in [2.75, 3.05) is 33.3 Å². The average Bonchev–Trinajstić information content (AvgIpc) is 2.53. The summed E-state index contributed by atoms with van der Waals surface area (Å²) < 4.78 is 5.29. The Kier molecular flexibility index (Phi) is 4.83. The van der Waals surface area contributed by atoms with Crippen LogP contribution in [0.15, 0.2) is 18.2 Å². The monoisotopic (exact) mass is 290 g/mol. The average molecular weight is 290 g/mol. The predicted octanol–water partition coefficient (Wildman–Crippen LogP) is 1.56. The number of methoxy groups -OCH3 is 1. The van der Waals surface area contributed by atoms with Crippen LogP contribution in [0.3, 0.4) is 0 Å². The number of carbonyl (C=O) groups excluding carboxylic acids is 2. The highest BCUT2D eigenvalue weighted by Gasteiger charge is 2.23. The highest BCUT2D eigenvalue weighted by molar-refractivity contribution is 5.94. The first-order valence-corrected chi connectivity index (χ1v) is 7.28. The summed E-state index contributed by atoms with van der Waals surface area (Å²) in [5.41, 5.74) is 1.72. The first kappa shape index (κ1) is 15.4. The number of amides is 2. The molecule has 0 N–H and O–H groups in total. The van der Waals surface area contributed by atoms with E-state index < -0.39 is 0 Å². The van der Waals surface area contributed by atoms with E-state index >= 15 is 0 Å². The van der Waals surface area contributed by atoms with Crippen molar-refractivity contribution in [1.29, 1.82) is 0 Å². The van der Waals surface area contributed by atoms with Crippen LogP contribution in [0.2, 0.25) is 0 Å². The number of hydrogen-bond acceptors (Lipinski definition) is 3. The lowest BCUT2D eigenvalue weighted by Crippen LogP contribution is -2.50. The van der Waals surface area contributed by atoms with E-state index in [1.807, 2.05) is 19.1 Å². The van der Waals surface area contributed by atoms with Crippen LogP contribution in [0, 0.1) is 0 Å². The minimum Gasteiger partial charge on any atom is -0.496 e. The molecule has 0 aromatic heterocycles. The van der Waals surface area contributed by atoms with E-state index in [2.05, 4.69) is 0 Å². The fourth-order valence-electron chi connectivity index (χ4n) is 2.59. The summed E-state index contributed by atoms with van der Waals surface area (Å²) >= 11 is 0. The molecule has 1 aromatic rings. The van der Waals surface area contributed by atoms with Gasteiger partial charge in [-0.1, -0.05) is 6.92 Å². The molecular weight excluding hydrogens is 268 g/mol. The van der Waals surface area contributed by atoms with Gasteiger partial charge in [-0.15, -0.1) is 0 Å². The minimum absolute atomic E-state index is 0.0237. The van der Waals surface area contributed by atoms with Gasteiger partial charge in [0.1, 0.15) is 5.75 Å². The second-order valence-electron chi connectivity index (χ2n) is 5.18. The second-order valence-corrected chi connectivity index (χ2v) is 5.18. The van der Waals surface area contributed by atoms with Crippen LogP contribution in [0.1, 0.15) is 29.8 Å². The van der Waals surface area contributed by atoms with Gasteiger partial charge < -0.3 is 14.5 Å². The van der Waals surface area contributed by atoms with E-state index in [1.165, 1.54) is 0 Å². The number of rotatable bonds is 3. The summed E-state index contributed by atoms with van der Waals surface area (Å²) in [6.45, 7) is 6.00. The maximum absolute atomic E-state index is 12.5. The zero-order chi connectivity index (χ0) is 15.4. The second kappa shape index (κ2) is 6.61. The van der Waals surface area contributed by atoms with Crippen LogP contribution < -0.4 is 4.74 Å². The largest absolute Gasteiger partial charge is 0.496 e. The Labute approximate surface area is 125 Å². The van der Waals surface area contributed by atoms with Gasteiger partial charge in [0.15, 0.2) is 0 Å². The lowest BCUT2D eigenvalue weighted by Gasteiger charge is -2.34.